The molecule has 1 N–H and O–H groups in total. The van der Waals surface area contributed by atoms with Gasteiger partial charge in [0, 0.05) is 6.42 Å². The average molecular weight is 351 g/mol. The second-order valence-electron chi connectivity index (χ2n) is 5.14. The van der Waals surface area contributed by atoms with Gasteiger partial charge in [0.25, 0.3) is 0 Å². The summed E-state index contributed by atoms with van der Waals surface area (Å²) in [6.07, 6.45) is -0.0409. The number of aliphatic carboxylic acids is 1. The zero-order valence-corrected chi connectivity index (χ0v) is 14.0. The molecule has 0 radical (unpaired) electrons. The minimum absolute atomic E-state index is 0.0409. The van der Waals surface area contributed by atoms with Crippen molar-refractivity contribution in [3.05, 3.63) is 29.8 Å². The molecule has 1 heterocycles. The number of carbonyl (C=O) groups excluding carboxylic acids is 3. The summed E-state index contributed by atoms with van der Waals surface area (Å²) in [5, 5.41) is 7.43. The molecular weight excluding hydrogens is 334 g/mol. The molecule has 0 bridgehead atoms. The lowest BCUT2D eigenvalue weighted by molar-refractivity contribution is -0.136. The first-order valence-electron chi connectivity index (χ1n) is 7.37. The monoisotopic (exact) mass is 351 g/mol. The fourth-order valence-corrected chi connectivity index (χ4v) is 3.32. The van der Waals surface area contributed by atoms with E-state index in [2.05, 4.69) is 0 Å². The third-order valence-corrected chi connectivity index (χ3v) is 4.76. The Kier molecular flexibility index (Phi) is 5.61. The predicted octanol–water partition coefficient (Wildman–Crippen LogP) is 1.70. The summed E-state index contributed by atoms with van der Waals surface area (Å²) < 4.78 is 4.87. The molecule has 0 saturated carbocycles. The number of benzene rings is 1. The van der Waals surface area contributed by atoms with E-state index in [0.717, 1.165) is 16.7 Å². The molecule has 1 aliphatic rings. The quantitative estimate of drug-likeness (QED) is 0.615. The van der Waals surface area contributed by atoms with Crippen LogP contribution in [-0.4, -0.2) is 46.0 Å². The number of imide groups is 1. The second-order valence-corrected chi connectivity index (χ2v) is 6.69. The Morgan fingerprint density at radius 3 is 2.50 bits per heavy atom. The second kappa shape index (κ2) is 7.48. The van der Waals surface area contributed by atoms with Gasteiger partial charge in [0.05, 0.1) is 23.1 Å². The first-order chi connectivity index (χ1) is 11.3. The molecule has 0 spiro atoms. The highest BCUT2D eigenvalue weighted by atomic mass is 32.2. The normalized spacial score (nSPS) is 18.6. The van der Waals surface area contributed by atoms with Crippen LogP contribution in [0.25, 0.3) is 0 Å². The Labute approximate surface area is 143 Å². The highest BCUT2D eigenvalue weighted by Crippen LogP contribution is 2.32. The SMILES string of the molecule is CCOC(=O)c1ccc(N2C(=O)CC(SC(C)C(=O)O)C2=O)cc1. The number of esters is 1. The number of ether oxygens (including phenoxy) is 1. The van der Waals surface area contributed by atoms with Gasteiger partial charge >= 0.3 is 11.9 Å². The van der Waals surface area contributed by atoms with Gasteiger partial charge in [-0.25, -0.2) is 9.69 Å². The Balaban J connectivity index is 2.14. The van der Waals surface area contributed by atoms with Crippen molar-refractivity contribution in [3.63, 3.8) is 0 Å². The molecule has 2 amide bonds. The summed E-state index contributed by atoms with van der Waals surface area (Å²) in [6, 6.07) is 5.95. The maximum Gasteiger partial charge on any atom is 0.338 e. The van der Waals surface area contributed by atoms with E-state index in [9.17, 15) is 19.2 Å². The molecule has 1 fully saturated rings. The van der Waals surface area contributed by atoms with Crippen LogP contribution in [0, 0.1) is 0 Å². The van der Waals surface area contributed by atoms with Crippen LogP contribution < -0.4 is 4.90 Å². The van der Waals surface area contributed by atoms with Gasteiger partial charge in [-0.1, -0.05) is 0 Å². The summed E-state index contributed by atoms with van der Waals surface area (Å²) in [6.45, 7) is 3.43. The van der Waals surface area contributed by atoms with Crippen LogP contribution >= 0.6 is 11.8 Å². The van der Waals surface area contributed by atoms with Crippen molar-refractivity contribution in [1.29, 1.82) is 0 Å². The standard InChI is InChI=1S/C16H17NO6S/c1-3-23-16(22)10-4-6-11(7-5-10)17-13(18)8-12(14(17)19)24-9(2)15(20)21/h4-7,9,12H,3,8H2,1-2H3,(H,20,21). The topological polar surface area (TPSA) is 101 Å². The highest BCUT2D eigenvalue weighted by Gasteiger charge is 2.41. The Morgan fingerprint density at radius 1 is 1.33 bits per heavy atom. The zero-order chi connectivity index (χ0) is 17.9. The van der Waals surface area contributed by atoms with Crippen LogP contribution in [0.15, 0.2) is 24.3 Å². The first-order valence-corrected chi connectivity index (χ1v) is 8.31. The summed E-state index contributed by atoms with van der Waals surface area (Å²) >= 11 is 0.955. The fraction of sp³-hybridized carbons (Fsp3) is 0.375. The largest absolute Gasteiger partial charge is 0.480 e. The molecule has 128 valence electrons. The molecule has 8 heteroatoms. The number of hydrogen-bond acceptors (Lipinski definition) is 6. The van der Waals surface area contributed by atoms with Gasteiger partial charge in [-0.2, -0.15) is 0 Å². The van der Waals surface area contributed by atoms with E-state index in [1.807, 2.05) is 0 Å². The molecule has 1 saturated heterocycles. The van der Waals surface area contributed by atoms with Crippen molar-refractivity contribution in [2.45, 2.75) is 30.8 Å². The van der Waals surface area contributed by atoms with E-state index >= 15 is 0 Å². The average Bonchev–Trinajstić information content (AvgIpc) is 2.81. The minimum atomic E-state index is -1.03. The predicted molar refractivity (Wildman–Crippen MR) is 88.0 cm³/mol. The van der Waals surface area contributed by atoms with Crippen LogP contribution in [0.1, 0.15) is 30.6 Å². The molecular formula is C16H17NO6S. The molecule has 2 atom stereocenters. The van der Waals surface area contributed by atoms with Gasteiger partial charge < -0.3 is 9.84 Å². The van der Waals surface area contributed by atoms with E-state index in [1.165, 1.54) is 31.2 Å². The van der Waals surface area contributed by atoms with E-state index in [4.69, 9.17) is 9.84 Å². The van der Waals surface area contributed by atoms with Gasteiger partial charge in [0.1, 0.15) is 5.25 Å². The minimum Gasteiger partial charge on any atom is -0.480 e. The van der Waals surface area contributed by atoms with E-state index in [0.29, 0.717) is 11.3 Å². The van der Waals surface area contributed by atoms with Gasteiger partial charge in [-0.05, 0) is 38.1 Å². The number of thioether (sulfide) groups is 1. The van der Waals surface area contributed by atoms with Crippen LogP contribution in [0.4, 0.5) is 5.69 Å². The summed E-state index contributed by atoms with van der Waals surface area (Å²) in [4.78, 5) is 48.1. The Hall–Kier alpha value is -2.35. The van der Waals surface area contributed by atoms with Gasteiger partial charge in [0.2, 0.25) is 11.8 Å². The zero-order valence-electron chi connectivity index (χ0n) is 13.2. The van der Waals surface area contributed by atoms with Crippen molar-refractivity contribution >= 4 is 41.2 Å². The van der Waals surface area contributed by atoms with Crippen molar-refractivity contribution in [1.82, 2.24) is 0 Å². The van der Waals surface area contributed by atoms with Crippen molar-refractivity contribution in [3.8, 4) is 0 Å². The number of carboxylic acids is 1. The number of amides is 2. The summed E-state index contributed by atoms with van der Waals surface area (Å²) in [5.74, 6) is -2.34. The number of anilines is 1. The van der Waals surface area contributed by atoms with Gasteiger partial charge in [-0.15, -0.1) is 11.8 Å². The summed E-state index contributed by atoms with van der Waals surface area (Å²) in [5.41, 5.74) is 0.675. The van der Waals surface area contributed by atoms with Crippen LogP contribution in [0.5, 0.6) is 0 Å². The molecule has 7 nitrogen and oxygen atoms in total. The van der Waals surface area contributed by atoms with Crippen LogP contribution in [0.3, 0.4) is 0 Å². The third kappa shape index (κ3) is 3.76. The maximum absolute atomic E-state index is 12.4. The maximum atomic E-state index is 12.4. The molecule has 1 aliphatic heterocycles. The van der Waals surface area contributed by atoms with Crippen molar-refractivity contribution in [2.75, 3.05) is 11.5 Å². The molecule has 2 rings (SSSR count). The lowest BCUT2D eigenvalue weighted by Crippen LogP contribution is -2.32. The molecule has 0 aromatic heterocycles. The Bertz CT molecular complexity index is 672. The molecule has 0 aliphatic carbocycles. The number of carbonyl (C=O) groups is 4. The number of carboxylic acid groups (broad SMARTS) is 1. The smallest absolute Gasteiger partial charge is 0.338 e. The Morgan fingerprint density at radius 2 is 1.96 bits per heavy atom. The van der Waals surface area contributed by atoms with E-state index < -0.39 is 28.3 Å². The first kappa shape index (κ1) is 18.0. The number of nitrogens with zero attached hydrogens (tertiary/aromatic N) is 1. The highest BCUT2D eigenvalue weighted by molar-refractivity contribution is 8.01. The molecule has 24 heavy (non-hydrogen) atoms. The molecule has 2 unspecified atom stereocenters. The number of hydrogen-bond donors (Lipinski definition) is 1. The van der Waals surface area contributed by atoms with Crippen molar-refractivity contribution < 1.29 is 29.0 Å². The van der Waals surface area contributed by atoms with Crippen LogP contribution in [0.2, 0.25) is 0 Å². The van der Waals surface area contributed by atoms with E-state index in [1.54, 1.807) is 6.92 Å². The molecule has 1 aromatic carbocycles. The van der Waals surface area contributed by atoms with Gasteiger partial charge in [0.15, 0.2) is 0 Å². The molecule has 1 aromatic rings. The fourth-order valence-electron chi connectivity index (χ4n) is 2.25. The van der Waals surface area contributed by atoms with Crippen LogP contribution in [-0.2, 0) is 19.1 Å². The van der Waals surface area contributed by atoms with Gasteiger partial charge in [-0.3, -0.25) is 14.4 Å². The lowest BCUT2D eigenvalue weighted by atomic mass is 10.2. The number of rotatable bonds is 6. The third-order valence-electron chi connectivity index (χ3n) is 3.46. The van der Waals surface area contributed by atoms with E-state index in [-0.39, 0.29) is 18.9 Å². The summed E-state index contributed by atoms with van der Waals surface area (Å²) in [7, 11) is 0. The van der Waals surface area contributed by atoms with Crippen molar-refractivity contribution in [2.24, 2.45) is 0 Å². The lowest BCUT2D eigenvalue weighted by Gasteiger charge is -2.16.